The highest BCUT2D eigenvalue weighted by molar-refractivity contribution is 7.99. The Hall–Kier alpha value is -1.79. The summed E-state index contributed by atoms with van der Waals surface area (Å²) in [5.74, 6) is 0.442. The Morgan fingerprint density at radius 1 is 1.30 bits per heavy atom. The number of thiazole rings is 1. The Balaban J connectivity index is 1.23. The Morgan fingerprint density at radius 2 is 2.05 bits per heavy atom. The van der Waals surface area contributed by atoms with E-state index >= 15 is 0 Å². The number of ether oxygens (including phenoxy) is 1. The molecule has 3 unspecified atom stereocenters. The van der Waals surface area contributed by atoms with E-state index in [2.05, 4.69) is 47.9 Å². The number of Topliss-reactive ketones (excluding diaryl/α,β-unsaturated/α-hetero) is 1. The lowest BCUT2D eigenvalue weighted by molar-refractivity contribution is -0.205. The van der Waals surface area contributed by atoms with Crippen molar-refractivity contribution >= 4 is 45.9 Å². The first kappa shape index (κ1) is 32.6. The molecule has 238 valence electrons. The van der Waals surface area contributed by atoms with Gasteiger partial charge in [-0.2, -0.15) is 0 Å². The largest absolute Gasteiger partial charge is 0.461 e. The molecule has 1 amide bonds. The number of ketones is 1. The molecule has 3 aliphatic carbocycles. The van der Waals surface area contributed by atoms with E-state index in [9.17, 15) is 19.5 Å². The number of hydrogen-bond donors (Lipinski definition) is 3. The van der Waals surface area contributed by atoms with Crippen LogP contribution in [0.2, 0.25) is 0 Å². The van der Waals surface area contributed by atoms with E-state index < -0.39 is 23.0 Å². The van der Waals surface area contributed by atoms with Crippen LogP contribution in [0.15, 0.2) is 18.0 Å². The van der Waals surface area contributed by atoms with Gasteiger partial charge < -0.3 is 20.5 Å². The molecule has 1 aromatic rings. The van der Waals surface area contributed by atoms with Gasteiger partial charge in [0, 0.05) is 60.5 Å². The van der Waals surface area contributed by atoms with Crippen molar-refractivity contribution in [2.45, 2.75) is 77.8 Å². The van der Waals surface area contributed by atoms with Gasteiger partial charge in [-0.1, -0.05) is 33.8 Å². The van der Waals surface area contributed by atoms with E-state index in [1.54, 1.807) is 0 Å². The minimum absolute atomic E-state index is 0.0548. The number of aromatic nitrogens is 1. The smallest absolute Gasteiger partial charge is 0.316 e. The molecule has 0 spiro atoms. The third-order valence-electron chi connectivity index (χ3n) is 11.4. The van der Waals surface area contributed by atoms with Crippen molar-refractivity contribution in [3.63, 3.8) is 0 Å². The van der Waals surface area contributed by atoms with E-state index in [0.29, 0.717) is 30.3 Å². The van der Waals surface area contributed by atoms with Crippen LogP contribution < -0.4 is 10.6 Å². The maximum Gasteiger partial charge on any atom is 0.316 e. The summed E-state index contributed by atoms with van der Waals surface area (Å²) in [6.45, 7) is 16.4. The fourth-order valence-electron chi connectivity index (χ4n) is 8.59. The average molecular weight is 633 g/mol. The molecule has 9 nitrogen and oxygen atoms in total. The number of carbonyl (C=O) groups is 3. The van der Waals surface area contributed by atoms with Crippen LogP contribution in [0.4, 0.5) is 5.13 Å². The topological polar surface area (TPSA) is 121 Å². The summed E-state index contributed by atoms with van der Waals surface area (Å²) in [7, 11) is 0. The van der Waals surface area contributed by atoms with E-state index in [4.69, 9.17) is 4.74 Å². The van der Waals surface area contributed by atoms with Crippen LogP contribution >= 0.6 is 23.1 Å². The summed E-state index contributed by atoms with van der Waals surface area (Å²) in [5, 5.41) is 20.3. The Kier molecular flexibility index (Phi) is 9.78. The maximum absolute atomic E-state index is 13.6. The molecule has 2 bridgehead atoms. The van der Waals surface area contributed by atoms with Crippen LogP contribution in [0.25, 0.3) is 0 Å². The average Bonchev–Trinajstić information content (AvgIpc) is 3.58. The first-order valence-corrected chi connectivity index (χ1v) is 17.8. The van der Waals surface area contributed by atoms with Crippen molar-refractivity contribution in [3.8, 4) is 0 Å². The van der Waals surface area contributed by atoms with Gasteiger partial charge in [0.15, 0.2) is 5.13 Å². The van der Waals surface area contributed by atoms with Crippen molar-refractivity contribution in [1.29, 1.82) is 0 Å². The molecule has 1 aromatic heterocycles. The van der Waals surface area contributed by atoms with Crippen LogP contribution in [-0.4, -0.2) is 83.3 Å². The standard InChI is InChI=1S/C32H48N4O5S2/c1-6-30(4)15-24(31(5)20(2)7-9-32(21(3)28(30)40)10-8-23(37)27(31)32)41-26(39)19-42-17-22-18-43-29(34-22)35-25(38)16-36-13-11-33-12-14-36/h6,18,20-21,24,27-28,33,40H,1,7-17,19H2,2-5H3,(H,34,35,38)/t20?,21-,24+,27?,28-,30+,31-,32?/m0/s1. The normalized spacial score (nSPS) is 38.1. The summed E-state index contributed by atoms with van der Waals surface area (Å²) in [6, 6.07) is 0. The van der Waals surface area contributed by atoms with Gasteiger partial charge >= 0.3 is 5.97 Å². The quantitative estimate of drug-likeness (QED) is 0.273. The SMILES string of the molecule is C=C[C@]1(C)C[C@@H](OC(=O)CSCc2csc(NC(=O)CN3CCNCC3)n2)[C@]2(C)C(C)CCC3(CCC(=O)C32)[C@@H](C)[C@@H]1O. The summed E-state index contributed by atoms with van der Waals surface area (Å²) in [5.41, 5.74) is -0.648. The molecule has 3 saturated carbocycles. The fraction of sp³-hybridized carbons (Fsp3) is 0.750. The van der Waals surface area contributed by atoms with Crippen molar-refractivity contribution in [2.75, 3.05) is 43.8 Å². The molecular weight excluding hydrogens is 585 g/mol. The third-order valence-corrected chi connectivity index (χ3v) is 13.2. The molecule has 8 atom stereocenters. The molecule has 0 aromatic carbocycles. The first-order chi connectivity index (χ1) is 20.4. The van der Waals surface area contributed by atoms with Crippen molar-refractivity contribution in [2.24, 2.45) is 34.0 Å². The van der Waals surface area contributed by atoms with Gasteiger partial charge in [0.1, 0.15) is 11.9 Å². The molecule has 2 heterocycles. The molecule has 1 saturated heterocycles. The lowest BCUT2D eigenvalue weighted by Crippen LogP contribution is -2.63. The lowest BCUT2D eigenvalue weighted by Gasteiger charge is -2.61. The van der Waals surface area contributed by atoms with Gasteiger partial charge in [-0.15, -0.1) is 29.7 Å². The van der Waals surface area contributed by atoms with E-state index in [0.717, 1.165) is 51.1 Å². The number of piperazine rings is 1. The first-order valence-electron chi connectivity index (χ1n) is 15.7. The number of nitrogens with zero attached hydrogens (tertiary/aromatic N) is 2. The van der Waals surface area contributed by atoms with Crippen molar-refractivity contribution < 1.29 is 24.2 Å². The van der Waals surface area contributed by atoms with Gasteiger partial charge in [-0.05, 0) is 42.9 Å². The Bertz CT molecular complexity index is 1220. The maximum atomic E-state index is 13.6. The lowest BCUT2D eigenvalue weighted by atomic mass is 9.44. The highest BCUT2D eigenvalue weighted by atomic mass is 32.2. The van der Waals surface area contributed by atoms with Gasteiger partial charge in [0.05, 0.1) is 24.1 Å². The second kappa shape index (κ2) is 12.9. The predicted molar refractivity (Wildman–Crippen MR) is 171 cm³/mol. The van der Waals surface area contributed by atoms with Crippen molar-refractivity contribution in [1.82, 2.24) is 15.2 Å². The van der Waals surface area contributed by atoms with Crippen LogP contribution in [0, 0.1) is 34.0 Å². The van der Waals surface area contributed by atoms with Crippen LogP contribution in [0.3, 0.4) is 0 Å². The number of amides is 1. The zero-order valence-electron chi connectivity index (χ0n) is 26.0. The number of nitrogens with one attached hydrogen (secondary N) is 2. The van der Waals surface area contributed by atoms with E-state index in [1.165, 1.54) is 23.1 Å². The molecule has 1 aliphatic heterocycles. The number of aliphatic hydroxyl groups excluding tert-OH is 1. The molecule has 3 N–H and O–H groups in total. The molecular formula is C32H48N4O5S2. The zero-order valence-corrected chi connectivity index (χ0v) is 27.7. The molecule has 11 heteroatoms. The number of aliphatic hydroxyl groups is 1. The molecule has 4 fully saturated rings. The highest BCUT2D eigenvalue weighted by Crippen LogP contribution is 2.68. The molecule has 4 aliphatic rings. The minimum atomic E-state index is -0.678. The Labute approximate surface area is 264 Å². The van der Waals surface area contributed by atoms with Gasteiger partial charge in [-0.3, -0.25) is 19.3 Å². The Morgan fingerprint density at radius 3 is 2.77 bits per heavy atom. The number of thioether (sulfide) groups is 1. The summed E-state index contributed by atoms with van der Waals surface area (Å²) in [4.78, 5) is 46.0. The van der Waals surface area contributed by atoms with Gasteiger partial charge in [-0.25, -0.2) is 4.98 Å². The van der Waals surface area contributed by atoms with Crippen LogP contribution in [0.5, 0.6) is 0 Å². The fourth-order valence-corrected chi connectivity index (χ4v) is 10.1. The number of hydrogen-bond acceptors (Lipinski definition) is 10. The van der Waals surface area contributed by atoms with Gasteiger partial charge in [0.25, 0.3) is 0 Å². The second-order valence-electron chi connectivity index (χ2n) is 13.8. The third kappa shape index (κ3) is 6.21. The van der Waals surface area contributed by atoms with Crippen LogP contribution in [-0.2, 0) is 24.9 Å². The summed E-state index contributed by atoms with van der Waals surface area (Å²) >= 11 is 2.81. The predicted octanol–water partition coefficient (Wildman–Crippen LogP) is 4.13. The summed E-state index contributed by atoms with van der Waals surface area (Å²) in [6.07, 6.45) is 4.24. The minimum Gasteiger partial charge on any atom is -0.461 e. The monoisotopic (exact) mass is 632 g/mol. The number of esters is 1. The zero-order chi connectivity index (χ0) is 31.0. The number of rotatable bonds is 9. The molecule has 5 rings (SSSR count). The molecule has 0 radical (unpaired) electrons. The van der Waals surface area contributed by atoms with E-state index in [1.807, 2.05) is 18.4 Å². The summed E-state index contributed by atoms with van der Waals surface area (Å²) < 4.78 is 6.33. The van der Waals surface area contributed by atoms with E-state index in [-0.39, 0.29) is 46.6 Å². The highest BCUT2D eigenvalue weighted by Gasteiger charge is 2.68. The van der Waals surface area contributed by atoms with Gasteiger partial charge in [0.2, 0.25) is 5.91 Å². The molecule has 43 heavy (non-hydrogen) atoms. The number of carbonyl (C=O) groups excluding carboxylic acids is 3. The van der Waals surface area contributed by atoms with Crippen LogP contribution in [0.1, 0.15) is 65.5 Å². The number of anilines is 1. The van der Waals surface area contributed by atoms with Crippen molar-refractivity contribution in [3.05, 3.63) is 23.7 Å². The second-order valence-corrected chi connectivity index (χ2v) is 15.6.